The van der Waals surface area contributed by atoms with Crippen LogP contribution in [0.3, 0.4) is 0 Å². The molecule has 0 spiro atoms. The van der Waals surface area contributed by atoms with Crippen molar-refractivity contribution in [3.63, 3.8) is 0 Å². The molecule has 1 aromatic rings. The fourth-order valence-corrected chi connectivity index (χ4v) is 1.02. The molecule has 0 amide bonds. The Morgan fingerprint density at radius 3 is 2.38 bits per heavy atom. The maximum absolute atomic E-state index is 10.7. The molecule has 0 aliphatic carbocycles. The first-order chi connectivity index (χ1) is 7.33. The topological polar surface area (TPSA) is 118 Å². The van der Waals surface area contributed by atoms with Crippen LogP contribution in [0.4, 0.5) is 11.4 Å². The molecule has 1 atom stereocenters. The lowest BCUT2D eigenvalue weighted by Crippen LogP contribution is -2.51. The number of rotatable bonds is 4. The number of benzene rings is 1. The lowest BCUT2D eigenvalue weighted by molar-refractivity contribution is -0.384. The van der Waals surface area contributed by atoms with Crippen LogP contribution in [0.1, 0.15) is 6.92 Å². The van der Waals surface area contributed by atoms with E-state index in [4.69, 9.17) is 10.8 Å². The van der Waals surface area contributed by atoms with Crippen LogP contribution in [0.25, 0.3) is 0 Å². The monoisotopic (exact) mass is 225 g/mol. The number of non-ortho nitro benzene ring substituents is 1. The third-order valence-corrected chi connectivity index (χ3v) is 1.93. The first kappa shape index (κ1) is 11.9. The number of hydrogen-bond donors (Lipinski definition) is 3. The number of nitro groups is 1. The maximum atomic E-state index is 10.7. The second-order valence-corrected chi connectivity index (χ2v) is 3.44. The number of nitro benzene ring substituents is 1. The van der Waals surface area contributed by atoms with Crippen LogP contribution in [0, 0.1) is 10.1 Å². The Labute approximate surface area is 91.0 Å². The summed E-state index contributed by atoms with van der Waals surface area (Å²) in [5.41, 5.74) is 4.16. The molecule has 7 nitrogen and oxygen atoms in total. The van der Waals surface area contributed by atoms with Crippen molar-refractivity contribution in [1.29, 1.82) is 0 Å². The van der Waals surface area contributed by atoms with E-state index in [1.807, 2.05) is 0 Å². The number of nitrogens with one attached hydrogen (secondary N) is 1. The fourth-order valence-electron chi connectivity index (χ4n) is 1.02. The van der Waals surface area contributed by atoms with Gasteiger partial charge in [-0.3, -0.25) is 15.8 Å². The van der Waals surface area contributed by atoms with Crippen molar-refractivity contribution in [1.82, 2.24) is 0 Å². The number of nitrogens with two attached hydrogens (primary N) is 1. The zero-order chi connectivity index (χ0) is 12.3. The van der Waals surface area contributed by atoms with E-state index < -0.39 is 16.6 Å². The quantitative estimate of drug-likeness (QED) is 0.395. The summed E-state index contributed by atoms with van der Waals surface area (Å²) in [6, 6.07) is 5.32. The molecule has 0 aliphatic rings. The van der Waals surface area contributed by atoms with Crippen LogP contribution in [-0.4, -0.2) is 21.7 Å². The van der Waals surface area contributed by atoms with Gasteiger partial charge in [0, 0.05) is 17.8 Å². The van der Waals surface area contributed by atoms with Gasteiger partial charge in [-0.15, -0.1) is 0 Å². The third-order valence-electron chi connectivity index (χ3n) is 1.93. The Balaban J connectivity index is 2.84. The SMILES string of the molecule is C[C@](N)(Nc1ccc([N+](=O)[O-])cc1)C(=O)O. The van der Waals surface area contributed by atoms with Crippen LogP contribution in [0.2, 0.25) is 0 Å². The third kappa shape index (κ3) is 2.67. The van der Waals surface area contributed by atoms with Crippen molar-refractivity contribution in [3.05, 3.63) is 34.4 Å². The first-order valence-corrected chi connectivity index (χ1v) is 4.38. The van der Waals surface area contributed by atoms with Gasteiger partial charge < -0.3 is 10.4 Å². The average molecular weight is 225 g/mol. The zero-order valence-corrected chi connectivity index (χ0v) is 8.51. The van der Waals surface area contributed by atoms with Crippen LogP contribution >= 0.6 is 0 Å². The van der Waals surface area contributed by atoms with E-state index in [0.717, 1.165) is 0 Å². The van der Waals surface area contributed by atoms with E-state index >= 15 is 0 Å². The zero-order valence-electron chi connectivity index (χ0n) is 8.51. The van der Waals surface area contributed by atoms with Gasteiger partial charge in [0.05, 0.1) is 4.92 Å². The lowest BCUT2D eigenvalue weighted by atomic mass is 10.2. The summed E-state index contributed by atoms with van der Waals surface area (Å²) in [4.78, 5) is 20.5. The number of carboxylic acids is 1. The van der Waals surface area contributed by atoms with Crippen molar-refractivity contribution in [2.24, 2.45) is 5.73 Å². The van der Waals surface area contributed by atoms with Crippen LogP contribution < -0.4 is 11.1 Å². The van der Waals surface area contributed by atoms with Gasteiger partial charge in [0.2, 0.25) is 0 Å². The smallest absolute Gasteiger partial charge is 0.344 e. The highest BCUT2D eigenvalue weighted by molar-refractivity contribution is 5.81. The fraction of sp³-hybridized carbons (Fsp3) is 0.222. The molecule has 86 valence electrons. The van der Waals surface area contributed by atoms with E-state index in [-0.39, 0.29) is 5.69 Å². The second-order valence-electron chi connectivity index (χ2n) is 3.44. The highest BCUT2D eigenvalue weighted by Crippen LogP contribution is 2.17. The predicted octanol–water partition coefficient (Wildman–Crippen LogP) is 0.766. The van der Waals surface area contributed by atoms with Gasteiger partial charge in [-0.25, -0.2) is 4.79 Å². The van der Waals surface area contributed by atoms with Crippen molar-refractivity contribution >= 4 is 17.3 Å². The Hall–Kier alpha value is -2.15. The summed E-state index contributed by atoms with van der Waals surface area (Å²) in [7, 11) is 0. The van der Waals surface area contributed by atoms with Crippen molar-refractivity contribution in [2.75, 3.05) is 5.32 Å². The summed E-state index contributed by atoms with van der Waals surface area (Å²) in [6.07, 6.45) is 0. The molecule has 0 fully saturated rings. The summed E-state index contributed by atoms with van der Waals surface area (Å²) in [5.74, 6) is -1.22. The number of anilines is 1. The van der Waals surface area contributed by atoms with Crippen molar-refractivity contribution in [2.45, 2.75) is 12.6 Å². The lowest BCUT2D eigenvalue weighted by Gasteiger charge is -2.21. The average Bonchev–Trinajstić information content (AvgIpc) is 2.17. The standard InChI is InChI=1S/C9H11N3O4/c1-9(10,8(13)14)11-6-2-4-7(5-3-6)12(15)16/h2-5,11H,10H2,1H3,(H,13,14)/t9-/m0/s1. The molecule has 0 radical (unpaired) electrons. The molecule has 0 unspecified atom stereocenters. The molecule has 0 bridgehead atoms. The Morgan fingerprint density at radius 2 is 2.00 bits per heavy atom. The summed E-state index contributed by atoms with van der Waals surface area (Å²) >= 11 is 0. The second kappa shape index (κ2) is 4.15. The van der Waals surface area contributed by atoms with Crippen molar-refractivity contribution in [3.8, 4) is 0 Å². The minimum absolute atomic E-state index is 0.0698. The molecule has 0 aliphatic heterocycles. The molecule has 0 aromatic heterocycles. The Bertz CT molecular complexity index is 413. The van der Waals surface area contributed by atoms with Crippen LogP contribution in [0.5, 0.6) is 0 Å². The minimum Gasteiger partial charge on any atom is -0.479 e. The largest absolute Gasteiger partial charge is 0.479 e. The molecule has 0 heterocycles. The number of nitrogens with zero attached hydrogens (tertiary/aromatic N) is 1. The molecule has 0 saturated carbocycles. The molecule has 0 saturated heterocycles. The van der Waals surface area contributed by atoms with E-state index in [0.29, 0.717) is 5.69 Å². The molecule has 4 N–H and O–H groups in total. The highest BCUT2D eigenvalue weighted by atomic mass is 16.6. The van der Waals surface area contributed by atoms with E-state index in [1.165, 1.54) is 31.2 Å². The number of carboxylic acid groups (broad SMARTS) is 1. The van der Waals surface area contributed by atoms with Gasteiger partial charge >= 0.3 is 5.97 Å². The molecular formula is C9H11N3O4. The summed E-state index contributed by atoms with van der Waals surface area (Å²) in [5, 5.41) is 21.7. The molecule has 1 aromatic carbocycles. The van der Waals surface area contributed by atoms with Gasteiger partial charge in [0.15, 0.2) is 5.66 Å². The number of aliphatic carboxylic acids is 1. The number of carbonyl (C=O) groups is 1. The summed E-state index contributed by atoms with van der Waals surface area (Å²) < 4.78 is 0. The maximum Gasteiger partial charge on any atom is 0.344 e. The van der Waals surface area contributed by atoms with Gasteiger partial charge in [-0.2, -0.15) is 0 Å². The van der Waals surface area contributed by atoms with Gasteiger partial charge in [-0.05, 0) is 19.1 Å². The minimum atomic E-state index is -1.61. The Morgan fingerprint density at radius 1 is 1.50 bits per heavy atom. The van der Waals surface area contributed by atoms with Crippen LogP contribution in [0.15, 0.2) is 24.3 Å². The van der Waals surface area contributed by atoms with E-state index in [1.54, 1.807) is 0 Å². The van der Waals surface area contributed by atoms with E-state index in [9.17, 15) is 14.9 Å². The van der Waals surface area contributed by atoms with E-state index in [2.05, 4.69) is 5.32 Å². The first-order valence-electron chi connectivity index (χ1n) is 4.38. The van der Waals surface area contributed by atoms with Crippen molar-refractivity contribution < 1.29 is 14.8 Å². The molecule has 1 rings (SSSR count). The van der Waals surface area contributed by atoms with Gasteiger partial charge in [-0.1, -0.05) is 0 Å². The molecular weight excluding hydrogens is 214 g/mol. The van der Waals surface area contributed by atoms with Gasteiger partial charge in [0.1, 0.15) is 0 Å². The number of hydrogen-bond acceptors (Lipinski definition) is 5. The predicted molar refractivity (Wildman–Crippen MR) is 56.9 cm³/mol. The van der Waals surface area contributed by atoms with Crippen LogP contribution in [-0.2, 0) is 4.79 Å². The Kier molecular flexibility index (Phi) is 3.09. The van der Waals surface area contributed by atoms with Gasteiger partial charge in [0.25, 0.3) is 5.69 Å². The molecule has 7 heteroatoms. The molecule has 16 heavy (non-hydrogen) atoms. The summed E-state index contributed by atoms with van der Waals surface area (Å²) in [6.45, 7) is 1.29. The normalized spacial score (nSPS) is 13.9. The highest BCUT2D eigenvalue weighted by Gasteiger charge is 2.27.